The molecule has 0 unspecified atom stereocenters. The Morgan fingerprint density at radius 1 is 1.11 bits per heavy atom. The van der Waals surface area contributed by atoms with Crippen molar-refractivity contribution in [3.63, 3.8) is 0 Å². The van der Waals surface area contributed by atoms with Crippen LogP contribution in [-0.4, -0.2) is 23.1 Å². The molecule has 0 aliphatic heterocycles. The molecule has 0 fully saturated rings. The number of ether oxygens (including phenoxy) is 1. The van der Waals surface area contributed by atoms with Gasteiger partial charge >= 0.3 is 12.1 Å². The molecule has 1 N–H and O–H groups in total. The molecule has 1 aromatic heterocycles. The molecule has 2 aromatic carbocycles. The SMILES string of the molecule is CCOC(=O)c1ccc(-n2c(C)cc(/C=C(/C#N)C(=O)Nc3cccc(C(F)(F)F)c3)c2C)cc1. The van der Waals surface area contributed by atoms with Crippen molar-refractivity contribution in [3.05, 3.63) is 88.2 Å². The van der Waals surface area contributed by atoms with E-state index in [0.29, 0.717) is 11.1 Å². The third-order valence-corrected chi connectivity index (χ3v) is 5.22. The Bertz CT molecular complexity index is 1330. The minimum Gasteiger partial charge on any atom is -0.462 e. The summed E-state index contributed by atoms with van der Waals surface area (Å²) in [6.07, 6.45) is -3.17. The van der Waals surface area contributed by atoms with Crippen molar-refractivity contribution in [1.82, 2.24) is 4.57 Å². The van der Waals surface area contributed by atoms with Gasteiger partial charge in [-0.3, -0.25) is 4.79 Å². The molecule has 0 atom stereocenters. The lowest BCUT2D eigenvalue weighted by Gasteiger charge is -2.11. The van der Waals surface area contributed by atoms with Crippen molar-refractivity contribution < 1.29 is 27.5 Å². The minimum absolute atomic E-state index is 0.0712. The van der Waals surface area contributed by atoms with Gasteiger partial charge in [-0.2, -0.15) is 18.4 Å². The molecule has 35 heavy (non-hydrogen) atoms. The molecule has 6 nitrogen and oxygen atoms in total. The molecular formula is C26H22F3N3O3. The summed E-state index contributed by atoms with van der Waals surface area (Å²) in [7, 11) is 0. The van der Waals surface area contributed by atoms with E-state index in [1.54, 1.807) is 44.2 Å². The van der Waals surface area contributed by atoms with Gasteiger partial charge < -0.3 is 14.6 Å². The second kappa shape index (κ2) is 10.3. The van der Waals surface area contributed by atoms with E-state index in [1.165, 1.54) is 18.2 Å². The van der Waals surface area contributed by atoms with Crippen molar-refractivity contribution in [2.24, 2.45) is 0 Å². The molecule has 0 saturated carbocycles. The predicted molar refractivity (Wildman–Crippen MR) is 125 cm³/mol. The number of nitriles is 1. The van der Waals surface area contributed by atoms with Crippen LogP contribution in [0.15, 0.2) is 60.2 Å². The van der Waals surface area contributed by atoms with Crippen LogP contribution in [0.4, 0.5) is 18.9 Å². The van der Waals surface area contributed by atoms with E-state index in [9.17, 15) is 28.0 Å². The number of carbonyl (C=O) groups excluding carboxylic acids is 2. The predicted octanol–water partition coefficient (Wildman–Crippen LogP) is 5.84. The number of hydrogen-bond donors (Lipinski definition) is 1. The van der Waals surface area contributed by atoms with Crippen molar-refractivity contribution >= 4 is 23.6 Å². The summed E-state index contributed by atoms with van der Waals surface area (Å²) in [6.45, 7) is 5.65. The van der Waals surface area contributed by atoms with Crippen LogP contribution in [0.3, 0.4) is 0 Å². The first kappa shape index (κ1) is 25.3. The van der Waals surface area contributed by atoms with Gasteiger partial charge in [-0.15, -0.1) is 0 Å². The maximum atomic E-state index is 12.9. The average molecular weight is 481 g/mol. The smallest absolute Gasteiger partial charge is 0.416 e. The first-order valence-corrected chi connectivity index (χ1v) is 10.6. The fourth-order valence-electron chi connectivity index (χ4n) is 3.57. The van der Waals surface area contributed by atoms with Gasteiger partial charge in [-0.1, -0.05) is 6.07 Å². The highest BCUT2D eigenvalue weighted by molar-refractivity contribution is 6.09. The van der Waals surface area contributed by atoms with Crippen molar-refractivity contribution in [2.45, 2.75) is 26.9 Å². The van der Waals surface area contributed by atoms with Crippen LogP contribution in [0.25, 0.3) is 11.8 Å². The molecule has 0 aliphatic rings. The second-order valence-corrected chi connectivity index (χ2v) is 7.63. The van der Waals surface area contributed by atoms with Crippen LogP contribution in [-0.2, 0) is 15.7 Å². The number of nitrogens with zero attached hydrogens (tertiary/aromatic N) is 2. The topological polar surface area (TPSA) is 84.1 Å². The molecule has 1 heterocycles. The zero-order chi connectivity index (χ0) is 25.8. The largest absolute Gasteiger partial charge is 0.462 e. The normalized spacial score (nSPS) is 11.6. The molecule has 9 heteroatoms. The highest BCUT2D eigenvalue weighted by Crippen LogP contribution is 2.31. The number of alkyl halides is 3. The first-order valence-electron chi connectivity index (χ1n) is 10.6. The van der Waals surface area contributed by atoms with Gasteiger partial charge in [0.1, 0.15) is 11.6 Å². The van der Waals surface area contributed by atoms with Gasteiger partial charge in [-0.25, -0.2) is 4.79 Å². The van der Waals surface area contributed by atoms with E-state index in [2.05, 4.69) is 5.32 Å². The van der Waals surface area contributed by atoms with Crippen LogP contribution in [0.5, 0.6) is 0 Å². The maximum Gasteiger partial charge on any atom is 0.416 e. The Morgan fingerprint density at radius 3 is 2.40 bits per heavy atom. The number of nitrogens with one attached hydrogen (secondary N) is 1. The zero-order valence-electron chi connectivity index (χ0n) is 19.2. The maximum absolute atomic E-state index is 12.9. The van der Waals surface area contributed by atoms with Crippen LogP contribution in [0.1, 0.15) is 39.8 Å². The van der Waals surface area contributed by atoms with Crippen LogP contribution < -0.4 is 5.32 Å². The molecule has 0 radical (unpaired) electrons. The lowest BCUT2D eigenvalue weighted by atomic mass is 10.1. The first-order chi connectivity index (χ1) is 16.5. The van der Waals surface area contributed by atoms with Gasteiger partial charge in [0.2, 0.25) is 0 Å². The number of aryl methyl sites for hydroxylation is 1. The van der Waals surface area contributed by atoms with Crippen molar-refractivity contribution in [3.8, 4) is 11.8 Å². The number of hydrogen-bond acceptors (Lipinski definition) is 4. The number of halogens is 3. The standard InChI is InChI=1S/C26H22F3N3O3/c1-4-35-25(34)18-8-10-23(11-9-18)32-16(2)12-19(17(32)3)13-20(15-30)24(33)31-22-7-5-6-21(14-22)26(27,28)29/h5-14H,4H2,1-3H3,(H,31,33)/b20-13-. The third kappa shape index (κ3) is 5.79. The molecule has 3 aromatic rings. The monoisotopic (exact) mass is 481 g/mol. The van der Waals surface area contributed by atoms with E-state index < -0.39 is 23.6 Å². The Hall–Kier alpha value is -4.32. The minimum atomic E-state index is -4.55. The number of rotatable bonds is 6. The van der Waals surface area contributed by atoms with Gasteiger partial charge in [0.25, 0.3) is 5.91 Å². The van der Waals surface area contributed by atoms with E-state index in [-0.39, 0.29) is 17.9 Å². The van der Waals surface area contributed by atoms with Gasteiger partial charge in [0, 0.05) is 22.8 Å². The Balaban J connectivity index is 1.87. The Morgan fingerprint density at radius 2 is 1.80 bits per heavy atom. The number of carbonyl (C=O) groups is 2. The van der Waals surface area contributed by atoms with Gasteiger partial charge in [-0.05, 0) is 80.9 Å². The number of aromatic nitrogens is 1. The van der Waals surface area contributed by atoms with Gasteiger partial charge in [0.05, 0.1) is 17.7 Å². The summed E-state index contributed by atoms with van der Waals surface area (Å²) < 4.78 is 45.7. The van der Waals surface area contributed by atoms with Crippen LogP contribution in [0, 0.1) is 25.2 Å². The lowest BCUT2D eigenvalue weighted by molar-refractivity contribution is -0.137. The van der Waals surface area contributed by atoms with E-state index in [4.69, 9.17) is 4.74 Å². The fraction of sp³-hybridized carbons (Fsp3) is 0.192. The van der Waals surface area contributed by atoms with Crippen LogP contribution in [0.2, 0.25) is 0 Å². The lowest BCUT2D eigenvalue weighted by Crippen LogP contribution is -2.14. The average Bonchev–Trinajstić information content (AvgIpc) is 3.09. The number of esters is 1. The highest BCUT2D eigenvalue weighted by atomic mass is 19.4. The molecule has 0 saturated heterocycles. The quantitative estimate of drug-likeness (QED) is 0.273. The van der Waals surface area contributed by atoms with Gasteiger partial charge in [0.15, 0.2) is 0 Å². The summed E-state index contributed by atoms with van der Waals surface area (Å²) in [6, 6.07) is 14.6. The molecular weight excluding hydrogens is 459 g/mol. The molecule has 1 amide bonds. The Labute approximate surface area is 200 Å². The number of amides is 1. The summed E-state index contributed by atoms with van der Waals surface area (Å²) >= 11 is 0. The number of anilines is 1. The van der Waals surface area contributed by atoms with Crippen LogP contribution >= 0.6 is 0 Å². The molecule has 180 valence electrons. The Kier molecular flexibility index (Phi) is 7.45. The van der Waals surface area contributed by atoms with E-state index in [0.717, 1.165) is 29.2 Å². The molecule has 0 aliphatic carbocycles. The highest BCUT2D eigenvalue weighted by Gasteiger charge is 2.30. The van der Waals surface area contributed by atoms with Crippen molar-refractivity contribution in [1.29, 1.82) is 5.26 Å². The summed E-state index contributed by atoms with van der Waals surface area (Å²) in [5, 5.41) is 11.9. The fourth-order valence-corrected chi connectivity index (χ4v) is 3.57. The third-order valence-electron chi connectivity index (χ3n) is 5.22. The van der Waals surface area contributed by atoms with E-state index in [1.807, 2.05) is 17.6 Å². The summed E-state index contributed by atoms with van der Waals surface area (Å²) in [5.41, 5.74) is 2.07. The summed E-state index contributed by atoms with van der Waals surface area (Å²) in [5.74, 6) is -1.25. The molecule has 0 spiro atoms. The zero-order valence-corrected chi connectivity index (χ0v) is 19.2. The molecule has 0 bridgehead atoms. The molecule has 3 rings (SSSR count). The summed E-state index contributed by atoms with van der Waals surface area (Å²) in [4.78, 5) is 24.5. The van der Waals surface area contributed by atoms with Crippen molar-refractivity contribution in [2.75, 3.05) is 11.9 Å². The number of benzene rings is 2. The second-order valence-electron chi connectivity index (χ2n) is 7.63. The van der Waals surface area contributed by atoms with E-state index >= 15 is 0 Å².